The molecule has 2 atom stereocenters. The van der Waals surface area contributed by atoms with Crippen molar-refractivity contribution < 1.29 is 14.3 Å². The average molecular weight is 373 g/mol. The fourth-order valence-electron chi connectivity index (χ4n) is 3.15. The van der Waals surface area contributed by atoms with Crippen LogP contribution in [0.5, 0.6) is 0 Å². The van der Waals surface area contributed by atoms with Crippen molar-refractivity contribution in [3.05, 3.63) is 21.6 Å². The Morgan fingerprint density at radius 3 is 2.76 bits per heavy atom. The molecule has 2 unspecified atom stereocenters. The SMILES string of the molecule is O=C(O)N1C2CC1CN(c1nc3c(Cl)ccc(Br)c3o1)C2. The Morgan fingerprint density at radius 1 is 1.43 bits per heavy atom. The quantitative estimate of drug-likeness (QED) is 0.832. The second-order valence-corrected chi connectivity index (χ2v) is 6.60. The van der Waals surface area contributed by atoms with Crippen LogP contribution in [0, 0.1) is 0 Å². The standard InChI is InChI=1S/C13H11BrClN3O3/c14-8-1-2-9(15)10-11(8)21-12(16-10)17-4-6-3-7(5-17)18(6)13(19)20/h1-2,6-7H,3-5H2,(H,19,20). The predicted molar refractivity (Wildman–Crippen MR) is 81.0 cm³/mol. The highest BCUT2D eigenvalue weighted by atomic mass is 79.9. The molecule has 3 aliphatic heterocycles. The minimum Gasteiger partial charge on any atom is -0.465 e. The molecule has 2 bridgehead atoms. The third kappa shape index (κ3) is 1.91. The van der Waals surface area contributed by atoms with E-state index in [2.05, 4.69) is 20.9 Å². The first-order chi connectivity index (χ1) is 10.0. The molecule has 0 radical (unpaired) electrons. The first-order valence-corrected chi connectivity index (χ1v) is 7.72. The second kappa shape index (κ2) is 4.51. The van der Waals surface area contributed by atoms with Gasteiger partial charge in [0.15, 0.2) is 5.58 Å². The molecule has 0 saturated carbocycles. The van der Waals surface area contributed by atoms with E-state index in [0.29, 0.717) is 35.2 Å². The summed E-state index contributed by atoms with van der Waals surface area (Å²) in [6, 6.07) is 4.13. The van der Waals surface area contributed by atoms with E-state index in [4.69, 9.17) is 21.1 Å². The number of carboxylic acid groups (broad SMARTS) is 1. The Balaban J connectivity index is 1.66. The second-order valence-electron chi connectivity index (χ2n) is 5.34. The van der Waals surface area contributed by atoms with E-state index in [1.54, 1.807) is 6.07 Å². The maximum absolute atomic E-state index is 11.1. The molecule has 1 aromatic carbocycles. The first-order valence-electron chi connectivity index (χ1n) is 6.55. The average Bonchev–Trinajstić information content (AvgIpc) is 2.89. The summed E-state index contributed by atoms with van der Waals surface area (Å²) < 4.78 is 6.60. The summed E-state index contributed by atoms with van der Waals surface area (Å²) in [7, 11) is 0. The van der Waals surface area contributed by atoms with Gasteiger partial charge in [-0.25, -0.2) is 4.79 Å². The Hall–Kier alpha value is -1.47. The van der Waals surface area contributed by atoms with Crippen LogP contribution < -0.4 is 4.90 Å². The van der Waals surface area contributed by atoms with Crippen LogP contribution in [0.25, 0.3) is 11.1 Å². The molecule has 4 heterocycles. The van der Waals surface area contributed by atoms with E-state index >= 15 is 0 Å². The number of carbonyl (C=O) groups is 1. The van der Waals surface area contributed by atoms with Crippen LogP contribution in [-0.4, -0.2) is 46.3 Å². The molecular weight excluding hydrogens is 362 g/mol. The molecule has 6 nitrogen and oxygen atoms in total. The van der Waals surface area contributed by atoms with E-state index in [0.717, 1.165) is 10.9 Å². The molecule has 1 amide bonds. The minimum absolute atomic E-state index is 0.0233. The highest BCUT2D eigenvalue weighted by Gasteiger charge is 2.48. The summed E-state index contributed by atoms with van der Waals surface area (Å²) in [6.45, 7) is 1.20. The highest BCUT2D eigenvalue weighted by molar-refractivity contribution is 9.10. The Labute approximate surface area is 133 Å². The third-order valence-electron chi connectivity index (χ3n) is 4.12. The van der Waals surface area contributed by atoms with Gasteiger partial charge in [0, 0.05) is 13.1 Å². The first kappa shape index (κ1) is 13.2. The molecule has 1 N–H and O–H groups in total. The monoisotopic (exact) mass is 371 g/mol. The summed E-state index contributed by atoms with van der Waals surface area (Å²) in [5.74, 6) is 0. The number of piperidine rings is 1. The number of hydrogen-bond acceptors (Lipinski definition) is 4. The zero-order valence-electron chi connectivity index (χ0n) is 10.8. The number of piperazine rings is 1. The molecule has 2 aromatic rings. The number of nitrogens with zero attached hydrogens (tertiary/aromatic N) is 3. The number of halogens is 2. The lowest BCUT2D eigenvalue weighted by Gasteiger charge is -2.54. The van der Waals surface area contributed by atoms with Gasteiger partial charge in [0.05, 0.1) is 21.6 Å². The Morgan fingerprint density at radius 2 is 2.14 bits per heavy atom. The van der Waals surface area contributed by atoms with Gasteiger partial charge in [-0.15, -0.1) is 0 Å². The predicted octanol–water partition coefficient (Wildman–Crippen LogP) is 3.18. The minimum atomic E-state index is -0.848. The lowest BCUT2D eigenvalue weighted by Crippen LogP contribution is -2.70. The van der Waals surface area contributed by atoms with Gasteiger partial charge in [0.2, 0.25) is 0 Å². The van der Waals surface area contributed by atoms with Crippen molar-refractivity contribution in [2.45, 2.75) is 18.5 Å². The van der Waals surface area contributed by atoms with Crippen molar-refractivity contribution in [2.24, 2.45) is 0 Å². The maximum atomic E-state index is 11.1. The van der Waals surface area contributed by atoms with E-state index in [1.165, 1.54) is 4.90 Å². The largest absolute Gasteiger partial charge is 0.465 e. The Kier molecular flexibility index (Phi) is 2.84. The molecule has 8 heteroatoms. The van der Waals surface area contributed by atoms with Gasteiger partial charge in [-0.1, -0.05) is 11.6 Å². The lowest BCUT2D eigenvalue weighted by molar-refractivity contribution is 0.0101. The molecule has 3 aliphatic rings. The zero-order chi connectivity index (χ0) is 14.7. The summed E-state index contributed by atoms with van der Waals surface area (Å²) in [5.41, 5.74) is 1.24. The van der Waals surface area contributed by atoms with Crippen molar-refractivity contribution in [3.8, 4) is 0 Å². The Bertz CT molecular complexity index is 699. The number of amides is 1. The van der Waals surface area contributed by atoms with Gasteiger partial charge in [0.25, 0.3) is 6.01 Å². The molecule has 0 spiro atoms. The van der Waals surface area contributed by atoms with Crippen molar-refractivity contribution >= 4 is 50.7 Å². The van der Waals surface area contributed by atoms with Gasteiger partial charge >= 0.3 is 6.09 Å². The summed E-state index contributed by atoms with van der Waals surface area (Å²) in [6.07, 6.45) is 0.0623. The van der Waals surface area contributed by atoms with Crippen LogP contribution in [0.1, 0.15) is 6.42 Å². The molecule has 5 rings (SSSR count). The van der Waals surface area contributed by atoms with Gasteiger partial charge in [-0.3, -0.25) is 4.90 Å². The fraction of sp³-hybridized carbons (Fsp3) is 0.385. The van der Waals surface area contributed by atoms with Crippen LogP contribution in [0.3, 0.4) is 0 Å². The highest BCUT2D eigenvalue weighted by Crippen LogP contribution is 2.37. The van der Waals surface area contributed by atoms with E-state index < -0.39 is 6.09 Å². The van der Waals surface area contributed by atoms with Crippen molar-refractivity contribution in [2.75, 3.05) is 18.0 Å². The van der Waals surface area contributed by atoms with Crippen molar-refractivity contribution in [1.82, 2.24) is 9.88 Å². The van der Waals surface area contributed by atoms with Crippen LogP contribution in [0.4, 0.5) is 10.8 Å². The van der Waals surface area contributed by atoms with Crippen LogP contribution in [-0.2, 0) is 0 Å². The van der Waals surface area contributed by atoms with Crippen molar-refractivity contribution in [3.63, 3.8) is 0 Å². The molecule has 110 valence electrons. The van der Waals surface area contributed by atoms with Gasteiger partial charge in [-0.2, -0.15) is 4.98 Å². The fourth-order valence-corrected chi connectivity index (χ4v) is 3.74. The normalized spacial score (nSPS) is 24.3. The van der Waals surface area contributed by atoms with Crippen molar-refractivity contribution in [1.29, 1.82) is 0 Å². The topological polar surface area (TPSA) is 69.8 Å². The van der Waals surface area contributed by atoms with Crippen LogP contribution in [0.2, 0.25) is 5.02 Å². The summed E-state index contributed by atoms with van der Waals surface area (Å²) in [5, 5.41) is 9.67. The molecule has 3 fully saturated rings. The number of benzene rings is 1. The molecular formula is C13H11BrClN3O3. The third-order valence-corrected chi connectivity index (χ3v) is 5.05. The maximum Gasteiger partial charge on any atom is 0.407 e. The summed E-state index contributed by atoms with van der Waals surface area (Å²) >= 11 is 9.56. The van der Waals surface area contributed by atoms with Gasteiger partial charge in [0.1, 0.15) is 5.52 Å². The lowest BCUT2D eigenvalue weighted by atomic mass is 9.88. The molecule has 1 aromatic heterocycles. The van der Waals surface area contributed by atoms with E-state index in [9.17, 15) is 4.79 Å². The summed E-state index contributed by atoms with van der Waals surface area (Å²) in [4.78, 5) is 19.1. The molecule has 0 aliphatic carbocycles. The van der Waals surface area contributed by atoms with Gasteiger partial charge in [-0.05, 0) is 34.5 Å². The van der Waals surface area contributed by atoms with E-state index in [-0.39, 0.29) is 12.1 Å². The zero-order valence-corrected chi connectivity index (χ0v) is 13.1. The number of rotatable bonds is 1. The van der Waals surface area contributed by atoms with E-state index in [1.807, 2.05) is 11.0 Å². The smallest absolute Gasteiger partial charge is 0.407 e. The number of fused-ring (bicyclic) bond motifs is 3. The number of aromatic nitrogens is 1. The van der Waals surface area contributed by atoms with Crippen LogP contribution >= 0.6 is 27.5 Å². The number of hydrogen-bond donors (Lipinski definition) is 1. The molecule has 3 saturated heterocycles. The number of oxazole rings is 1. The number of anilines is 1. The van der Waals surface area contributed by atoms with Gasteiger partial charge < -0.3 is 14.4 Å². The van der Waals surface area contributed by atoms with Crippen LogP contribution in [0.15, 0.2) is 21.0 Å². The molecule has 21 heavy (non-hydrogen) atoms.